The van der Waals surface area contributed by atoms with E-state index in [1.807, 2.05) is 0 Å². The summed E-state index contributed by atoms with van der Waals surface area (Å²) >= 11 is 0. The van der Waals surface area contributed by atoms with Crippen LogP contribution in [0.3, 0.4) is 0 Å². The largest absolute Gasteiger partial charge is 0.479 e. The lowest BCUT2D eigenvalue weighted by Gasteiger charge is -2.18. The molecule has 0 bridgehead atoms. The van der Waals surface area contributed by atoms with E-state index in [9.17, 15) is 18.0 Å². The Labute approximate surface area is 154 Å². The molecule has 2 N–H and O–H groups in total. The van der Waals surface area contributed by atoms with Crippen molar-refractivity contribution in [1.82, 2.24) is 9.62 Å². The molecule has 0 fully saturated rings. The van der Waals surface area contributed by atoms with Gasteiger partial charge in [0.15, 0.2) is 6.10 Å². The first kappa shape index (κ1) is 22.1. The minimum atomic E-state index is -3.49. The van der Waals surface area contributed by atoms with Crippen molar-refractivity contribution in [2.45, 2.75) is 37.7 Å². The minimum Gasteiger partial charge on any atom is -0.479 e. The van der Waals surface area contributed by atoms with Crippen molar-refractivity contribution in [1.29, 1.82) is 0 Å². The molecule has 0 radical (unpaired) electrons. The Morgan fingerprint density at radius 1 is 1.19 bits per heavy atom. The van der Waals surface area contributed by atoms with Gasteiger partial charge in [0.1, 0.15) is 0 Å². The van der Waals surface area contributed by atoms with Gasteiger partial charge in [-0.05, 0) is 24.1 Å². The van der Waals surface area contributed by atoms with E-state index in [1.54, 1.807) is 26.0 Å². The fraction of sp³-hybridized carbons (Fsp3) is 0.529. The van der Waals surface area contributed by atoms with Crippen LogP contribution in [-0.2, 0) is 30.8 Å². The quantitative estimate of drug-likeness (QED) is 0.583. The van der Waals surface area contributed by atoms with Gasteiger partial charge in [-0.3, -0.25) is 4.79 Å². The van der Waals surface area contributed by atoms with Crippen molar-refractivity contribution >= 4 is 21.9 Å². The highest BCUT2D eigenvalue weighted by atomic mass is 32.2. The molecule has 9 heteroatoms. The van der Waals surface area contributed by atoms with Crippen molar-refractivity contribution < 1.29 is 27.9 Å². The monoisotopic (exact) mass is 386 g/mol. The highest BCUT2D eigenvalue weighted by molar-refractivity contribution is 7.89. The molecule has 0 saturated carbocycles. The summed E-state index contributed by atoms with van der Waals surface area (Å²) in [6.07, 6.45) is -0.496. The van der Waals surface area contributed by atoms with Gasteiger partial charge in [0.2, 0.25) is 15.9 Å². The lowest BCUT2D eigenvalue weighted by atomic mass is 10.1. The summed E-state index contributed by atoms with van der Waals surface area (Å²) in [5.74, 6) is -1.44. The topological polar surface area (TPSA) is 113 Å². The number of carboxylic acid groups (broad SMARTS) is 1. The van der Waals surface area contributed by atoms with Crippen LogP contribution in [0.4, 0.5) is 0 Å². The second kappa shape index (κ2) is 10.2. The molecule has 1 aromatic carbocycles. The van der Waals surface area contributed by atoms with Crippen LogP contribution in [0.5, 0.6) is 0 Å². The maximum atomic E-state index is 12.4. The molecule has 1 rings (SSSR count). The van der Waals surface area contributed by atoms with E-state index in [4.69, 9.17) is 9.84 Å². The Morgan fingerprint density at radius 3 is 2.23 bits per heavy atom. The van der Waals surface area contributed by atoms with Gasteiger partial charge in [0.25, 0.3) is 0 Å². The third kappa shape index (κ3) is 6.08. The Hall–Kier alpha value is -1.97. The zero-order valence-corrected chi connectivity index (χ0v) is 16.1. The number of carboxylic acids is 1. The van der Waals surface area contributed by atoms with Crippen molar-refractivity contribution in [3.05, 3.63) is 29.8 Å². The predicted molar refractivity (Wildman–Crippen MR) is 96.3 cm³/mol. The number of rotatable bonds is 11. The summed E-state index contributed by atoms with van der Waals surface area (Å²) in [5, 5.41) is 11.3. The highest BCUT2D eigenvalue weighted by Gasteiger charge is 2.21. The van der Waals surface area contributed by atoms with Crippen LogP contribution < -0.4 is 5.32 Å². The van der Waals surface area contributed by atoms with Gasteiger partial charge in [-0.25, -0.2) is 13.2 Å². The van der Waals surface area contributed by atoms with Gasteiger partial charge in [0, 0.05) is 26.6 Å². The van der Waals surface area contributed by atoms with Crippen LogP contribution in [0.1, 0.15) is 25.8 Å². The third-order valence-corrected chi connectivity index (χ3v) is 6.02. The molecule has 0 spiro atoms. The van der Waals surface area contributed by atoms with Gasteiger partial charge in [-0.15, -0.1) is 0 Å². The standard InChI is InChI=1S/C17H26N2O6S/c1-4-19(5-2)26(23,24)14-9-6-13(7-10-14)8-11-16(20)18-12-15(25-3)17(21)22/h6-7,9-10,15H,4-5,8,11-12H2,1-3H3,(H,18,20)(H,21,22). The van der Waals surface area contributed by atoms with Crippen LogP contribution in [0, 0.1) is 0 Å². The molecule has 1 unspecified atom stereocenters. The summed E-state index contributed by atoms with van der Waals surface area (Å²) in [4.78, 5) is 22.8. The van der Waals surface area contributed by atoms with E-state index in [1.165, 1.54) is 23.5 Å². The van der Waals surface area contributed by atoms with E-state index in [0.29, 0.717) is 19.5 Å². The van der Waals surface area contributed by atoms with Crippen molar-refractivity contribution in [3.8, 4) is 0 Å². The van der Waals surface area contributed by atoms with Crippen LogP contribution >= 0.6 is 0 Å². The lowest BCUT2D eigenvalue weighted by Crippen LogP contribution is -2.37. The summed E-state index contributed by atoms with van der Waals surface area (Å²) in [7, 11) is -2.23. The molecule has 8 nitrogen and oxygen atoms in total. The van der Waals surface area contributed by atoms with E-state index < -0.39 is 22.1 Å². The average molecular weight is 386 g/mol. The summed E-state index contributed by atoms with van der Waals surface area (Å²) in [6, 6.07) is 6.43. The number of sulfonamides is 1. The summed E-state index contributed by atoms with van der Waals surface area (Å²) in [5.41, 5.74) is 0.820. The molecule has 1 amide bonds. The molecule has 0 aliphatic heterocycles. The summed E-state index contributed by atoms with van der Waals surface area (Å²) in [6.45, 7) is 4.27. The highest BCUT2D eigenvalue weighted by Crippen LogP contribution is 2.16. The molecule has 0 saturated heterocycles. The first-order valence-corrected chi connectivity index (χ1v) is 9.81. The van der Waals surface area contributed by atoms with Gasteiger partial charge < -0.3 is 15.2 Å². The molecule has 26 heavy (non-hydrogen) atoms. The maximum absolute atomic E-state index is 12.4. The molecule has 0 aliphatic rings. The Morgan fingerprint density at radius 2 is 1.77 bits per heavy atom. The second-order valence-corrected chi connectivity index (χ2v) is 7.54. The molecule has 0 aromatic heterocycles. The second-order valence-electron chi connectivity index (χ2n) is 5.60. The zero-order chi connectivity index (χ0) is 19.7. The van der Waals surface area contributed by atoms with Crippen molar-refractivity contribution in [2.75, 3.05) is 26.7 Å². The number of methoxy groups -OCH3 is 1. The van der Waals surface area contributed by atoms with Crippen molar-refractivity contribution in [3.63, 3.8) is 0 Å². The first-order valence-electron chi connectivity index (χ1n) is 8.37. The van der Waals surface area contributed by atoms with Crippen LogP contribution in [-0.4, -0.2) is 62.6 Å². The molecular weight excluding hydrogens is 360 g/mol. The number of nitrogens with zero attached hydrogens (tertiary/aromatic N) is 1. The smallest absolute Gasteiger partial charge is 0.334 e. The SMILES string of the molecule is CCN(CC)S(=O)(=O)c1ccc(CCC(=O)NCC(OC)C(=O)O)cc1. The number of aliphatic carboxylic acids is 1. The normalized spacial score (nSPS) is 12.8. The number of benzene rings is 1. The summed E-state index contributed by atoms with van der Waals surface area (Å²) < 4.78 is 30.9. The van der Waals surface area contributed by atoms with E-state index in [0.717, 1.165) is 5.56 Å². The fourth-order valence-electron chi connectivity index (χ4n) is 2.36. The first-order chi connectivity index (χ1) is 12.3. The zero-order valence-electron chi connectivity index (χ0n) is 15.3. The Bertz CT molecular complexity index is 698. The minimum absolute atomic E-state index is 0.105. The third-order valence-electron chi connectivity index (χ3n) is 3.95. The molecule has 0 heterocycles. The van der Waals surface area contributed by atoms with Gasteiger partial charge >= 0.3 is 5.97 Å². The number of amides is 1. The number of nitrogens with one attached hydrogen (secondary N) is 1. The average Bonchev–Trinajstić information content (AvgIpc) is 2.61. The van der Waals surface area contributed by atoms with Gasteiger partial charge in [-0.1, -0.05) is 26.0 Å². The van der Waals surface area contributed by atoms with E-state index >= 15 is 0 Å². The van der Waals surface area contributed by atoms with E-state index in [-0.39, 0.29) is 23.8 Å². The molecule has 0 aliphatic carbocycles. The number of carbonyl (C=O) groups excluding carboxylic acids is 1. The molecule has 146 valence electrons. The van der Waals surface area contributed by atoms with Gasteiger partial charge in [-0.2, -0.15) is 4.31 Å². The number of ether oxygens (including phenoxy) is 1. The van der Waals surface area contributed by atoms with E-state index in [2.05, 4.69) is 5.32 Å². The molecular formula is C17H26N2O6S. The lowest BCUT2D eigenvalue weighted by molar-refractivity contribution is -0.148. The Kier molecular flexibility index (Phi) is 8.70. The van der Waals surface area contributed by atoms with Crippen LogP contribution in [0.25, 0.3) is 0 Å². The number of aryl methyl sites for hydroxylation is 1. The number of carbonyl (C=O) groups is 2. The van der Waals surface area contributed by atoms with Gasteiger partial charge in [0.05, 0.1) is 11.4 Å². The van der Waals surface area contributed by atoms with Crippen LogP contribution in [0.2, 0.25) is 0 Å². The number of hydrogen-bond acceptors (Lipinski definition) is 5. The number of hydrogen-bond donors (Lipinski definition) is 2. The fourth-order valence-corrected chi connectivity index (χ4v) is 3.82. The predicted octanol–water partition coefficient (Wildman–Crippen LogP) is 0.866. The molecule has 1 atom stereocenters. The Balaban J connectivity index is 2.60. The maximum Gasteiger partial charge on any atom is 0.334 e. The van der Waals surface area contributed by atoms with Crippen molar-refractivity contribution in [2.24, 2.45) is 0 Å². The molecule has 1 aromatic rings. The van der Waals surface area contributed by atoms with Crippen LogP contribution in [0.15, 0.2) is 29.2 Å².